The maximum absolute atomic E-state index is 11.4. The highest BCUT2D eigenvalue weighted by Gasteiger charge is 2.33. The third-order valence-electron chi connectivity index (χ3n) is 2.82. The van der Waals surface area contributed by atoms with Crippen LogP contribution in [0.3, 0.4) is 0 Å². The number of nitrogens with zero attached hydrogens (tertiary/aromatic N) is 4. The van der Waals surface area contributed by atoms with E-state index in [9.17, 15) is 8.42 Å². The molecule has 2 aromatic rings. The van der Waals surface area contributed by atoms with Gasteiger partial charge in [-0.1, -0.05) is 5.16 Å². The summed E-state index contributed by atoms with van der Waals surface area (Å²) in [5.41, 5.74) is 0.508. The first-order chi connectivity index (χ1) is 8.64. The zero-order valence-electron chi connectivity index (χ0n) is 9.35. The van der Waals surface area contributed by atoms with Gasteiger partial charge in [-0.2, -0.15) is 10.1 Å². The Bertz CT molecular complexity index is 653. The summed E-state index contributed by atoms with van der Waals surface area (Å²) in [6.07, 6.45) is 2.08. The lowest BCUT2D eigenvalue weighted by molar-refractivity contribution is 0.361. The van der Waals surface area contributed by atoms with Crippen molar-refractivity contribution in [2.24, 2.45) is 0 Å². The fourth-order valence-electron chi connectivity index (χ4n) is 1.92. The predicted molar refractivity (Wildman–Crippen MR) is 61.3 cm³/mol. The van der Waals surface area contributed by atoms with Gasteiger partial charge in [0.2, 0.25) is 11.7 Å². The molecule has 1 aliphatic rings. The number of sulfone groups is 1. The maximum atomic E-state index is 11.4. The molecule has 0 N–H and O–H groups in total. The Labute approximate surface area is 103 Å². The largest absolute Gasteiger partial charge is 0.339 e. The summed E-state index contributed by atoms with van der Waals surface area (Å²) < 4.78 is 27.9. The predicted octanol–water partition coefficient (Wildman–Crippen LogP) is 0.429. The second-order valence-corrected chi connectivity index (χ2v) is 6.39. The van der Waals surface area contributed by atoms with E-state index in [-0.39, 0.29) is 17.4 Å². The van der Waals surface area contributed by atoms with Crippen molar-refractivity contribution in [1.29, 1.82) is 0 Å². The first-order valence-electron chi connectivity index (χ1n) is 5.46. The molecule has 0 aliphatic carbocycles. The van der Waals surface area contributed by atoms with E-state index in [0.29, 0.717) is 23.8 Å². The molecule has 8 heteroatoms. The molecule has 2 aromatic heterocycles. The summed E-state index contributed by atoms with van der Waals surface area (Å²) in [6.45, 7) is 0. The van der Waals surface area contributed by atoms with Crippen molar-refractivity contribution in [3.8, 4) is 11.5 Å². The van der Waals surface area contributed by atoms with Crippen LogP contribution in [0, 0.1) is 0 Å². The zero-order valence-corrected chi connectivity index (χ0v) is 10.2. The summed E-state index contributed by atoms with van der Waals surface area (Å²) in [5.74, 6) is 0.752. The molecular weight excluding hydrogens is 256 g/mol. The van der Waals surface area contributed by atoms with Crippen LogP contribution in [0.4, 0.5) is 0 Å². The van der Waals surface area contributed by atoms with E-state index in [2.05, 4.69) is 20.3 Å². The van der Waals surface area contributed by atoms with E-state index in [0.717, 1.165) is 0 Å². The fraction of sp³-hybridized carbons (Fsp3) is 0.400. The molecule has 94 valence electrons. The summed E-state index contributed by atoms with van der Waals surface area (Å²) >= 11 is 0. The number of rotatable bonds is 2. The SMILES string of the molecule is O=S1(=O)CCC(c2nc(-c3cccnn3)no2)C1. The highest BCUT2D eigenvalue weighted by molar-refractivity contribution is 7.91. The highest BCUT2D eigenvalue weighted by Crippen LogP contribution is 2.28. The Hall–Kier alpha value is -1.83. The van der Waals surface area contributed by atoms with Gasteiger partial charge in [-0.25, -0.2) is 8.42 Å². The van der Waals surface area contributed by atoms with E-state index in [1.165, 1.54) is 0 Å². The van der Waals surface area contributed by atoms with Gasteiger partial charge < -0.3 is 4.52 Å². The van der Waals surface area contributed by atoms with Crippen molar-refractivity contribution in [3.63, 3.8) is 0 Å². The standard InChI is InChI=1S/C10H10N4O3S/c15-18(16)5-3-7(6-18)10-12-9(14-17-10)8-2-1-4-11-13-8/h1-2,4,7H,3,5-6H2. The first kappa shape index (κ1) is 11.3. The maximum Gasteiger partial charge on any atom is 0.231 e. The first-order valence-corrected chi connectivity index (χ1v) is 7.28. The molecule has 1 fully saturated rings. The van der Waals surface area contributed by atoms with E-state index in [4.69, 9.17) is 4.52 Å². The molecular formula is C10H10N4O3S. The molecule has 3 heterocycles. The van der Waals surface area contributed by atoms with Gasteiger partial charge in [-0.3, -0.25) is 0 Å². The number of hydrogen-bond acceptors (Lipinski definition) is 7. The highest BCUT2D eigenvalue weighted by atomic mass is 32.2. The molecule has 1 aliphatic heterocycles. The van der Waals surface area contributed by atoms with Crippen LogP contribution in [0.5, 0.6) is 0 Å². The molecule has 18 heavy (non-hydrogen) atoms. The second kappa shape index (κ2) is 4.13. The zero-order chi connectivity index (χ0) is 12.6. The average molecular weight is 266 g/mol. The van der Waals surface area contributed by atoms with Gasteiger partial charge in [-0.05, 0) is 18.6 Å². The quantitative estimate of drug-likeness (QED) is 0.777. The topological polar surface area (TPSA) is 98.8 Å². The molecule has 0 radical (unpaired) electrons. The van der Waals surface area contributed by atoms with E-state index in [1.807, 2.05) is 0 Å². The van der Waals surface area contributed by atoms with Crippen molar-refractivity contribution in [2.45, 2.75) is 12.3 Å². The Morgan fingerprint density at radius 1 is 1.39 bits per heavy atom. The van der Waals surface area contributed by atoms with Crippen molar-refractivity contribution in [2.75, 3.05) is 11.5 Å². The summed E-state index contributed by atoms with van der Waals surface area (Å²) in [6, 6.07) is 3.44. The minimum atomic E-state index is -2.95. The third-order valence-corrected chi connectivity index (χ3v) is 4.59. The van der Waals surface area contributed by atoms with Crippen LogP contribution in [0.2, 0.25) is 0 Å². The molecule has 7 nitrogen and oxygen atoms in total. The Morgan fingerprint density at radius 3 is 2.94 bits per heavy atom. The monoisotopic (exact) mass is 266 g/mol. The fourth-order valence-corrected chi connectivity index (χ4v) is 3.65. The molecule has 0 amide bonds. The van der Waals surface area contributed by atoms with Crippen LogP contribution in [-0.4, -0.2) is 40.3 Å². The summed E-state index contributed by atoms with van der Waals surface area (Å²) in [5, 5.41) is 11.4. The van der Waals surface area contributed by atoms with Crippen molar-refractivity contribution in [1.82, 2.24) is 20.3 Å². The van der Waals surface area contributed by atoms with E-state index >= 15 is 0 Å². The van der Waals surface area contributed by atoms with E-state index < -0.39 is 9.84 Å². The summed E-state index contributed by atoms with van der Waals surface area (Å²) in [4.78, 5) is 4.18. The molecule has 1 saturated heterocycles. The smallest absolute Gasteiger partial charge is 0.231 e. The third kappa shape index (κ3) is 2.10. The van der Waals surface area contributed by atoms with Crippen molar-refractivity contribution >= 4 is 9.84 Å². The van der Waals surface area contributed by atoms with Crippen molar-refractivity contribution in [3.05, 3.63) is 24.2 Å². The van der Waals surface area contributed by atoms with Crippen LogP contribution >= 0.6 is 0 Å². The van der Waals surface area contributed by atoms with E-state index in [1.54, 1.807) is 18.3 Å². The second-order valence-electron chi connectivity index (χ2n) is 4.17. The normalized spacial score (nSPS) is 22.1. The molecule has 1 atom stereocenters. The van der Waals surface area contributed by atoms with Gasteiger partial charge in [-0.15, -0.1) is 5.10 Å². The Balaban J connectivity index is 1.87. The molecule has 0 bridgehead atoms. The van der Waals surface area contributed by atoms with Gasteiger partial charge in [0.05, 0.1) is 17.4 Å². The van der Waals surface area contributed by atoms with Gasteiger partial charge in [0.25, 0.3) is 0 Å². The minimum absolute atomic E-state index is 0.0785. The van der Waals surface area contributed by atoms with Crippen LogP contribution in [0.1, 0.15) is 18.2 Å². The van der Waals surface area contributed by atoms with Gasteiger partial charge in [0.1, 0.15) is 5.69 Å². The summed E-state index contributed by atoms with van der Waals surface area (Å²) in [7, 11) is -2.95. The molecule has 3 rings (SSSR count). The van der Waals surface area contributed by atoms with Crippen molar-refractivity contribution < 1.29 is 12.9 Å². The van der Waals surface area contributed by atoms with Crippen LogP contribution in [-0.2, 0) is 9.84 Å². The molecule has 0 spiro atoms. The Morgan fingerprint density at radius 2 is 2.28 bits per heavy atom. The van der Waals surface area contributed by atoms with Gasteiger partial charge in [0.15, 0.2) is 9.84 Å². The molecule has 0 saturated carbocycles. The van der Waals surface area contributed by atoms with Crippen LogP contribution < -0.4 is 0 Å². The van der Waals surface area contributed by atoms with Crippen LogP contribution in [0.15, 0.2) is 22.9 Å². The lowest BCUT2D eigenvalue weighted by atomic mass is 10.1. The molecule has 1 unspecified atom stereocenters. The minimum Gasteiger partial charge on any atom is -0.339 e. The lowest BCUT2D eigenvalue weighted by Crippen LogP contribution is -2.04. The van der Waals surface area contributed by atoms with Crippen LogP contribution in [0.25, 0.3) is 11.5 Å². The van der Waals surface area contributed by atoms with Gasteiger partial charge >= 0.3 is 0 Å². The Kier molecular flexibility index (Phi) is 2.58. The number of hydrogen-bond donors (Lipinski definition) is 0. The number of aromatic nitrogens is 4. The van der Waals surface area contributed by atoms with Gasteiger partial charge in [0, 0.05) is 6.20 Å². The average Bonchev–Trinajstić information content (AvgIpc) is 2.96. The lowest BCUT2D eigenvalue weighted by Gasteiger charge is -1.97. The molecule has 0 aromatic carbocycles.